The van der Waals surface area contributed by atoms with Gasteiger partial charge in [0.1, 0.15) is 5.75 Å². The monoisotopic (exact) mass is 247 g/mol. The Morgan fingerprint density at radius 3 is 2.53 bits per heavy atom. The second kappa shape index (κ2) is 5.21. The molecule has 0 radical (unpaired) electrons. The van der Waals surface area contributed by atoms with Crippen LogP contribution in [0.1, 0.15) is 5.56 Å². The van der Waals surface area contributed by atoms with E-state index in [0.717, 1.165) is 22.4 Å². The first-order valence-electron chi connectivity index (χ1n) is 5.38. The lowest BCUT2D eigenvalue weighted by molar-refractivity contribution is 0.416. The number of halogens is 1. The Kier molecular flexibility index (Phi) is 3.67. The van der Waals surface area contributed by atoms with Gasteiger partial charge in [-0.1, -0.05) is 41.9 Å². The largest absolute Gasteiger partial charge is 0.496 e. The number of methoxy groups -OCH3 is 1. The van der Waals surface area contributed by atoms with Gasteiger partial charge in [-0.15, -0.1) is 0 Å². The molecule has 2 rings (SSSR count). The lowest BCUT2D eigenvalue weighted by Gasteiger charge is -2.14. The SMILES string of the molecule is COc1cccc(CN)c1-c1ccccc1Cl. The Balaban J connectivity index is 2.69. The molecule has 2 nitrogen and oxygen atoms in total. The highest BCUT2D eigenvalue weighted by Crippen LogP contribution is 2.37. The smallest absolute Gasteiger partial charge is 0.127 e. The Morgan fingerprint density at radius 1 is 1.12 bits per heavy atom. The first-order valence-corrected chi connectivity index (χ1v) is 5.76. The summed E-state index contributed by atoms with van der Waals surface area (Å²) in [7, 11) is 1.65. The molecule has 0 heterocycles. The van der Waals surface area contributed by atoms with Gasteiger partial charge in [-0.2, -0.15) is 0 Å². The molecule has 2 aromatic carbocycles. The number of ether oxygens (including phenoxy) is 1. The second-order valence-electron chi connectivity index (χ2n) is 3.68. The van der Waals surface area contributed by atoms with Gasteiger partial charge >= 0.3 is 0 Å². The van der Waals surface area contributed by atoms with Crippen LogP contribution in [0.15, 0.2) is 42.5 Å². The molecule has 0 aliphatic carbocycles. The molecular weight excluding hydrogens is 234 g/mol. The van der Waals surface area contributed by atoms with Gasteiger partial charge in [0, 0.05) is 22.7 Å². The average Bonchev–Trinajstić information content (AvgIpc) is 2.38. The summed E-state index contributed by atoms with van der Waals surface area (Å²) in [5, 5.41) is 0.701. The maximum absolute atomic E-state index is 6.22. The van der Waals surface area contributed by atoms with Crippen LogP contribution in [-0.2, 0) is 6.54 Å². The van der Waals surface area contributed by atoms with Crippen LogP contribution in [-0.4, -0.2) is 7.11 Å². The maximum Gasteiger partial charge on any atom is 0.127 e. The van der Waals surface area contributed by atoms with Gasteiger partial charge in [-0.3, -0.25) is 0 Å². The summed E-state index contributed by atoms with van der Waals surface area (Å²) in [5.41, 5.74) is 8.71. The van der Waals surface area contributed by atoms with E-state index in [1.54, 1.807) is 7.11 Å². The van der Waals surface area contributed by atoms with Crippen molar-refractivity contribution >= 4 is 11.6 Å². The zero-order valence-corrected chi connectivity index (χ0v) is 10.4. The van der Waals surface area contributed by atoms with Crippen molar-refractivity contribution in [2.75, 3.05) is 7.11 Å². The molecule has 0 saturated carbocycles. The van der Waals surface area contributed by atoms with Crippen LogP contribution < -0.4 is 10.5 Å². The van der Waals surface area contributed by atoms with E-state index in [1.165, 1.54) is 0 Å². The first kappa shape index (κ1) is 12.0. The van der Waals surface area contributed by atoms with Crippen molar-refractivity contribution in [3.05, 3.63) is 53.1 Å². The maximum atomic E-state index is 6.22. The summed E-state index contributed by atoms with van der Waals surface area (Å²) in [4.78, 5) is 0. The summed E-state index contributed by atoms with van der Waals surface area (Å²) < 4.78 is 5.38. The molecule has 0 aliphatic rings. The van der Waals surface area contributed by atoms with E-state index >= 15 is 0 Å². The highest BCUT2D eigenvalue weighted by Gasteiger charge is 2.12. The molecule has 0 amide bonds. The topological polar surface area (TPSA) is 35.2 Å². The van der Waals surface area contributed by atoms with E-state index in [2.05, 4.69) is 0 Å². The molecule has 0 bridgehead atoms. The fourth-order valence-electron chi connectivity index (χ4n) is 1.89. The highest BCUT2D eigenvalue weighted by atomic mass is 35.5. The van der Waals surface area contributed by atoms with E-state index in [9.17, 15) is 0 Å². The van der Waals surface area contributed by atoms with Gasteiger partial charge in [-0.05, 0) is 17.7 Å². The number of hydrogen-bond donors (Lipinski definition) is 1. The van der Waals surface area contributed by atoms with Gasteiger partial charge in [0.05, 0.1) is 7.11 Å². The van der Waals surface area contributed by atoms with Crippen molar-refractivity contribution in [3.63, 3.8) is 0 Å². The third kappa shape index (κ3) is 2.28. The summed E-state index contributed by atoms with van der Waals surface area (Å²) in [5.74, 6) is 0.793. The Labute approximate surface area is 106 Å². The molecule has 0 aromatic heterocycles. The standard InChI is InChI=1S/C14H14ClNO/c1-17-13-8-4-5-10(9-16)14(13)11-6-2-3-7-12(11)15/h2-8H,9,16H2,1H3. The van der Waals surface area contributed by atoms with E-state index in [-0.39, 0.29) is 0 Å². The zero-order valence-electron chi connectivity index (χ0n) is 9.61. The van der Waals surface area contributed by atoms with Crippen molar-refractivity contribution in [1.29, 1.82) is 0 Å². The van der Waals surface area contributed by atoms with Crippen LogP contribution in [0, 0.1) is 0 Å². The number of hydrogen-bond acceptors (Lipinski definition) is 2. The quantitative estimate of drug-likeness (QED) is 0.901. The average molecular weight is 248 g/mol. The second-order valence-corrected chi connectivity index (χ2v) is 4.09. The van der Waals surface area contributed by atoms with Crippen molar-refractivity contribution in [1.82, 2.24) is 0 Å². The van der Waals surface area contributed by atoms with Gasteiger partial charge in [0.25, 0.3) is 0 Å². The number of nitrogens with two attached hydrogens (primary N) is 1. The predicted octanol–water partition coefficient (Wildman–Crippen LogP) is 3.47. The van der Waals surface area contributed by atoms with Gasteiger partial charge in [0.2, 0.25) is 0 Å². The molecule has 3 heteroatoms. The molecule has 2 N–H and O–H groups in total. The van der Waals surface area contributed by atoms with E-state index in [0.29, 0.717) is 11.6 Å². The zero-order chi connectivity index (χ0) is 12.3. The van der Waals surface area contributed by atoms with Crippen molar-refractivity contribution < 1.29 is 4.74 Å². The van der Waals surface area contributed by atoms with Crippen LogP contribution in [0.4, 0.5) is 0 Å². The van der Waals surface area contributed by atoms with Crippen LogP contribution in [0.5, 0.6) is 5.75 Å². The Bertz CT molecular complexity index is 503. The van der Waals surface area contributed by atoms with Crippen LogP contribution in [0.25, 0.3) is 11.1 Å². The van der Waals surface area contributed by atoms with E-state index in [1.807, 2.05) is 42.5 Å². The van der Waals surface area contributed by atoms with E-state index < -0.39 is 0 Å². The summed E-state index contributed by atoms with van der Waals surface area (Å²) in [6.07, 6.45) is 0. The summed E-state index contributed by atoms with van der Waals surface area (Å²) >= 11 is 6.22. The molecule has 0 spiro atoms. The van der Waals surface area contributed by atoms with Crippen LogP contribution in [0.3, 0.4) is 0 Å². The molecule has 0 aliphatic heterocycles. The first-order chi connectivity index (χ1) is 8.27. The minimum Gasteiger partial charge on any atom is -0.496 e. The van der Waals surface area contributed by atoms with Gasteiger partial charge in [0.15, 0.2) is 0 Å². The summed E-state index contributed by atoms with van der Waals surface area (Å²) in [6, 6.07) is 13.5. The lowest BCUT2D eigenvalue weighted by atomic mass is 9.98. The molecule has 2 aromatic rings. The molecule has 0 saturated heterocycles. The van der Waals surface area contributed by atoms with Crippen molar-refractivity contribution in [2.45, 2.75) is 6.54 Å². The van der Waals surface area contributed by atoms with Crippen molar-refractivity contribution in [3.8, 4) is 16.9 Å². The van der Waals surface area contributed by atoms with Crippen LogP contribution in [0.2, 0.25) is 5.02 Å². The third-order valence-electron chi connectivity index (χ3n) is 2.70. The third-order valence-corrected chi connectivity index (χ3v) is 3.03. The molecule has 88 valence electrons. The fourth-order valence-corrected chi connectivity index (χ4v) is 2.12. The van der Waals surface area contributed by atoms with Gasteiger partial charge < -0.3 is 10.5 Å². The minimum atomic E-state index is 0.456. The Morgan fingerprint density at radius 2 is 1.88 bits per heavy atom. The number of benzene rings is 2. The molecular formula is C14H14ClNO. The predicted molar refractivity (Wildman–Crippen MR) is 71.3 cm³/mol. The molecule has 17 heavy (non-hydrogen) atoms. The minimum absolute atomic E-state index is 0.456. The normalized spacial score (nSPS) is 10.3. The molecule has 0 unspecified atom stereocenters. The Hall–Kier alpha value is -1.51. The molecule has 0 fully saturated rings. The summed E-state index contributed by atoms with van der Waals surface area (Å²) in [6.45, 7) is 0.456. The fraction of sp³-hybridized carbons (Fsp3) is 0.143. The lowest BCUT2D eigenvalue weighted by Crippen LogP contribution is -2.01. The highest BCUT2D eigenvalue weighted by molar-refractivity contribution is 6.33. The number of rotatable bonds is 3. The van der Waals surface area contributed by atoms with Crippen LogP contribution >= 0.6 is 11.6 Å². The van der Waals surface area contributed by atoms with Gasteiger partial charge in [-0.25, -0.2) is 0 Å². The van der Waals surface area contributed by atoms with E-state index in [4.69, 9.17) is 22.1 Å². The van der Waals surface area contributed by atoms with Crippen molar-refractivity contribution in [2.24, 2.45) is 5.73 Å². The molecule has 0 atom stereocenters.